The Morgan fingerprint density at radius 2 is 1.90 bits per heavy atom. The number of rotatable bonds is 6. The molecule has 0 amide bonds. The van der Waals surface area contributed by atoms with E-state index in [9.17, 15) is 4.39 Å². The highest BCUT2D eigenvalue weighted by Crippen LogP contribution is 2.36. The van der Waals surface area contributed by atoms with Gasteiger partial charge in [0.2, 0.25) is 0 Å². The smallest absolute Gasteiger partial charge is 0.128 e. The average Bonchev–Trinajstić information content (AvgIpc) is 2.33. The van der Waals surface area contributed by atoms with Gasteiger partial charge in [-0.1, -0.05) is 18.2 Å². The highest BCUT2D eigenvalue weighted by Gasteiger charge is 2.39. The predicted molar refractivity (Wildman–Crippen MR) is 81.1 cm³/mol. The van der Waals surface area contributed by atoms with Crippen molar-refractivity contribution in [2.45, 2.75) is 30.8 Å². The first-order chi connectivity index (χ1) is 9.44. The maximum Gasteiger partial charge on any atom is 0.128 e. The first-order valence-corrected chi connectivity index (χ1v) is 7.30. The number of halogens is 1. The molecule has 4 heteroatoms. The Balaban J connectivity index is 1.94. The number of nitrogens with two attached hydrogens (primary N) is 1. The van der Waals surface area contributed by atoms with Crippen LogP contribution in [0.2, 0.25) is 0 Å². The summed E-state index contributed by atoms with van der Waals surface area (Å²) in [6.45, 7) is 1.67. The molecule has 0 aliphatic heterocycles. The van der Waals surface area contributed by atoms with Crippen LogP contribution in [0.4, 0.5) is 4.39 Å². The van der Waals surface area contributed by atoms with Crippen LogP contribution in [0.3, 0.4) is 0 Å². The van der Waals surface area contributed by atoms with E-state index in [4.69, 9.17) is 5.73 Å². The van der Waals surface area contributed by atoms with Gasteiger partial charge in [0, 0.05) is 30.2 Å². The second-order valence-corrected chi connectivity index (χ2v) is 6.30. The molecular weight excluding hydrogens is 253 g/mol. The lowest BCUT2D eigenvalue weighted by molar-refractivity contribution is 0.0264. The van der Waals surface area contributed by atoms with E-state index in [0.29, 0.717) is 12.1 Å². The average molecular weight is 279 g/mol. The fourth-order valence-electron chi connectivity index (χ4n) is 3.11. The third-order valence-electron chi connectivity index (χ3n) is 4.61. The zero-order valence-corrected chi connectivity index (χ0v) is 12.8. The zero-order chi connectivity index (χ0) is 14.8. The van der Waals surface area contributed by atoms with Crippen molar-refractivity contribution >= 4 is 0 Å². The Morgan fingerprint density at radius 3 is 2.40 bits per heavy atom. The highest BCUT2D eigenvalue weighted by molar-refractivity contribution is 5.21. The van der Waals surface area contributed by atoms with Crippen LogP contribution in [-0.2, 0) is 0 Å². The number of likely N-dealkylation sites (N-methyl/N-ethyl adjacent to an activating group) is 2. The van der Waals surface area contributed by atoms with Crippen LogP contribution in [0.15, 0.2) is 24.3 Å². The van der Waals surface area contributed by atoms with Gasteiger partial charge in [-0.15, -0.1) is 0 Å². The van der Waals surface area contributed by atoms with Crippen molar-refractivity contribution in [1.82, 2.24) is 9.80 Å². The third-order valence-corrected chi connectivity index (χ3v) is 4.61. The van der Waals surface area contributed by atoms with Gasteiger partial charge in [0.05, 0.1) is 0 Å². The lowest BCUT2D eigenvalue weighted by Crippen LogP contribution is -2.57. The molecule has 0 spiro atoms. The molecule has 1 aromatic carbocycles. The van der Waals surface area contributed by atoms with Gasteiger partial charge in [-0.05, 0) is 46.5 Å². The van der Waals surface area contributed by atoms with Crippen molar-refractivity contribution in [2.24, 2.45) is 5.73 Å². The molecule has 3 nitrogen and oxygen atoms in total. The van der Waals surface area contributed by atoms with E-state index < -0.39 is 0 Å². The van der Waals surface area contributed by atoms with Crippen molar-refractivity contribution < 1.29 is 4.39 Å². The maximum absolute atomic E-state index is 13.7. The Kier molecular flexibility index (Phi) is 4.78. The van der Waals surface area contributed by atoms with E-state index in [-0.39, 0.29) is 17.4 Å². The minimum Gasteiger partial charge on any atom is -0.323 e. The molecule has 112 valence electrons. The molecule has 1 fully saturated rings. The van der Waals surface area contributed by atoms with E-state index in [2.05, 4.69) is 30.9 Å². The normalized spacial score (nSPS) is 19.1. The predicted octanol–water partition coefficient (Wildman–Crippen LogP) is 2.24. The third kappa shape index (κ3) is 3.19. The molecule has 0 saturated heterocycles. The summed E-state index contributed by atoms with van der Waals surface area (Å²) in [4.78, 5) is 4.55. The summed E-state index contributed by atoms with van der Waals surface area (Å²) >= 11 is 0. The number of nitrogens with zero attached hydrogens (tertiary/aromatic N) is 2. The first kappa shape index (κ1) is 15.4. The van der Waals surface area contributed by atoms with E-state index in [1.807, 2.05) is 6.07 Å². The molecule has 20 heavy (non-hydrogen) atoms. The van der Waals surface area contributed by atoms with Crippen molar-refractivity contribution in [1.29, 1.82) is 0 Å². The monoisotopic (exact) mass is 279 g/mol. The summed E-state index contributed by atoms with van der Waals surface area (Å²) < 4.78 is 13.7. The molecule has 1 aromatic rings. The molecule has 1 aliphatic rings. The summed E-state index contributed by atoms with van der Waals surface area (Å²) in [5.74, 6) is -0.209. The lowest BCUT2D eigenvalue weighted by atomic mass is 9.75. The van der Waals surface area contributed by atoms with Crippen LogP contribution < -0.4 is 5.73 Å². The Morgan fingerprint density at radius 1 is 1.25 bits per heavy atom. The molecule has 1 unspecified atom stereocenters. The van der Waals surface area contributed by atoms with Crippen LogP contribution in [0.25, 0.3) is 0 Å². The van der Waals surface area contributed by atoms with Crippen molar-refractivity contribution in [3.8, 4) is 0 Å². The molecule has 2 rings (SSSR count). The van der Waals surface area contributed by atoms with Crippen LogP contribution in [0, 0.1) is 5.82 Å². The molecule has 0 bridgehead atoms. The molecule has 1 aliphatic carbocycles. The maximum atomic E-state index is 13.7. The van der Waals surface area contributed by atoms with Crippen molar-refractivity contribution in [3.63, 3.8) is 0 Å². The van der Waals surface area contributed by atoms with Gasteiger partial charge in [0.15, 0.2) is 0 Å². The van der Waals surface area contributed by atoms with Crippen LogP contribution in [-0.4, -0.2) is 49.6 Å². The summed E-state index contributed by atoms with van der Waals surface area (Å²) in [7, 11) is 6.36. The fraction of sp³-hybridized carbons (Fsp3) is 0.625. The molecule has 0 aromatic heterocycles. The second-order valence-electron chi connectivity index (χ2n) is 6.30. The minimum atomic E-state index is -0.277. The Labute approximate surface area is 121 Å². The summed E-state index contributed by atoms with van der Waals surface area (Å²) in [5, 5.41) is 0. The number of hydrogen-bond donors (Lipinski definition) is 1. The standard InChI is InChI=1S/C16H26FN3/c1-19(2)16(9-6-10-16)12-20(3)11-15(18)13-7-4-5-8-14(13)17/h4-5,7-8,15H,6,9-12,18H2,1-3H3. The van der Waals surface area contributed by atoms with Gasteiger partial charge in [0.1, 0.15) is 5.82 Å². The largest absolute Gasteiger partial charge is 0.323 e. The molecular formula is C16H26FN3. The second kappa shape index (κ2) is 6.20. The highest BCUT2D eigenvalue weighted by atomic mass is 19.1. The Bertz CT molecular complexity index is 443. The summed E-state index contributed by atoms with van der Waals surface area (Å²) in [5.41, 5.74) is 7.04. The van der Waals surface area contributed by atoms with Gasteiger partial charge in [-0.2, -0.15) is 0 Å². The molecule has 1 saturated carbocycles. The first-order valence-electron chi connectivity index (χ1n) is 7.30. The molecule has 0 heterocycles. The Hall–Kier alpha value is -0.970. The van der Waals surface area contributed by atoms with Crippen LogP contribution in [0.1, 0.15) is 30.9 Å². The van der Waals surface area contributed by atoms with Gasteiger partial charge in [-0.3, -0.25) is 0 Å². The van der Waals surface area contributed by atoms with E-state index in [1.165, 1.54) is 25.3 Å². The van der Waals surface area contributed by atoms with Crippen molar-refractivity contribution in [2.75, 3.05) is 34.2 Å². The minimum absolute atomic E-state index is 0.209. The lowest BCUT2D eigenvalue weighted by Gasteiger charge is -2.49. The van der Waals surface area contributed by atoms with E-state index in [0.717, 1.165) is 6.54 Å². The van der Waals surface area contributed by atoms with E-state index in [1.54, 1.807) is 12.1 Å². The number of benzene rings is 1. The molecule has 2 N–H and O–H groups in total. The van der Waals surface area contributed by atoms with Crippen molar-refractivity contribution in [3.05, 3.63) is 35.6 Å². The van der Waals surface area contributed by atoms with Gasteiger partial charge < -0.3 is 15.5 Å². The van der Waals surface area contributed by atoms with E-state index >= 15 is 0 Å². The van der Waals surface area contributed by atoms with Gasteiger partial charge >= 0.3 is 0 Å². The summed E-state index contributed by atoms with van der Waals surface area (Å²) in [6, 6.07) is 6.51. The van der Waals surface area contributed by atoms with Gasteiger partial charge in [0.25, 0.3) is 0 Å². The van der Waals surface area contributed by atoms with Crippen LogP contribution in [0.5, 0.6) is 0 Å². The number of hydrogen-bond acceptors (Lipinski definition) is 3. The van der Waals surface area contributed by atoms with Gasteiger partial charge in [-0.25, -0.2) is 4.39 Å². The fourth-order valence-corrected chi connectivity index (χ4v) is 3.11. The quantitative estimate of drug-likeness (QED) is 0.867. The zero-order valence-electron chi connectivity index (χ0n) is 12.8. The summed E-state index contributed by atoms with van der Waals surface area (Å²) in [6.07, 6.45) is 3.77. The SMILES string of the molecule is CN(CC(N)c1ccccc1F)CC1(N(C)C)CCC1. The topological polar surface area (TPSA) is 32.5 Å². The molecule has 1 atom stereocenters. The van der Waals surface area contributed by atoms with Crippen LogP contribution >= 0.6 is 0 Å². The molecule has 0 radical (unpaired) electrons.